The Morgan fingerprint density at radius 2 is 1.78 bits per heavy atom. The minimum atomic E-state index is -0.652. The summed E-state index contributed by atoms with van der Waals surface area (Å²) >= 11 is 0. The molecule has 2 aliphatic heterocycles. The molecular formula is C26H37N5O6. The first-order valence-corrected chi connectivity index (χ1v) is 12.9. The number of amides is 5. The van der Waals surface area contributed by atoms with E-state index in [0.717, 1.165) is 18.4 Å². The average molecular weight is 516 g/mol. The third-order valence-corrected chi connectivity index (χ3v) is 6.90. The van der Waals surface area contributed by atoms with Gasteiger partial charge in [0.05, 0.1) is 6.04 Å². The number of nitrogens with one attached hydrogen (secondary N) is 3. The van der Waals surface area contributed by atoms with Gasteiger partial charge in [-0.25, -0.2) is 9.59 Å². The normalized spacial score (nSPS) is 24.8. The summed E-state index contributed by atoms with van der Waals surface area (Å²) in [6.45, 7) is 6.15. The van der Waals surface area contributed by atoms with Gasteiger partial charge in [-0.1, -0.05) is 30.3 Å². The maximum atomic E-state index is 12.9. The number of hydrogen-bond acceptors (Lipinski definition) is 6. The molecule has 11 nitrogen and oxygen atoms in total. The number of piperidine rings is 1. The number of hydrogen-bond donors (Lipinski definition) is 3. The van der Waals surface area contributed by atoms with Crippen LogP contribution < -0.4 is 16.2 Å². The van der Waals surface area contributed by atoms with E-state index in [4.69, 9.17) is 9.57 Å². The monoisotopic (exact) mass is 515 g/mol. The van der Waals surface area contributed by atoms with E-state index in [1.807, 2.05) is 51.1 Å². The molecule has 2 heterocycles. The maximum absolute atomic E-state index is 12.9. The number of alkyl carbamates (subject to hydrolysis) is 1. The fourth-order valence-electron chi connectivity index (χ4n) is 4.96. The molecule has 3 N–H and O–H groups in total. The predicted octanol–water partition coefficient (Wildman–Crippen LogP) is 2.62. The Labute approximate surface area is 217 Å². The Morgan fingerprint density at radius 3 is 2.49 bits per heavy atom. The van der Waals surface area contributed by atoms with Crippen molar-refractivity contribution in [1.82, 2.24) is 26.1 Å². The van der Waals surface area contributed by atoms with Crippen molar-refractivity contribution in [2.45, 2.75) is 89.6 Å². The van der Waals surface area contributed by atoms with Gasteiger partial charge in [-0.2, -0.15) is 5.06 Å². The number of rotatable bonds is 8. The fraction of sp³-hybridized carbons (Fsp3) is 0.615. The van der Waals surface area contributed by atoms with Crippen LogP contribution in [-0.4, -0.2) is 64.2 Å². The minimum absolute atomic E-state index is 0.0620. The summed E-state index contributed by atoms with van der Waals surface area (Å²) in [6.07, 6.45) is 3.23. The van der Waals surface area contributed by atoms with Crippen molar-refractivity contribution in [2.24, 2.45) is 5.92 Å². The number of carbonyl (C=O) groups excluding carboxylic acids is 4. The molecule has 1 aliphatic carbocycles. The Kier molecular flexibility index (Phi) is 8.21. The van der Waals surface area contributed by atoms with Crippen LogP contribution in [0.4, 0.5) is 9.59 Å². The summed E-state index contributed by atoms with van der Waals surface area (Å²) in [5, 5.41) is 4.22. The van der Waals surface area contributed by atoms with Crippen molar-refractivity contribution >= 4 is 23.9 Å². The standard InChI is InChI=1S/C26H37N5O6/c1-26(2,3)37-24(34)27-19-13-18(14-19)9-12-22(32)28-29-23(33)21-11-10-20-15-30(21)25(35)31(20)36-16-17-7-5-4-6-8-17/h4-8,18-21H,9-16H2,1-3H3,(H,27,34)(H,28,32)(H,29,33)/t18-,19-,20-,21-/m0/s1. The molecule has 3 aliphatic rings. The van der Waals surface area contributed by atoms with Crippen molar-refractivity contribution in [3.8, 4) is 0 Å². The van der Waals surface area contributed by atoms with Crippen LogP contribution in [0.15, 0.2) is 30.3 Å². The van der Waals surface area contributed by atoms with Crippen LogP contribution in [0.25, 0.3) is 0 Å². The molecule has 0 spiro atoms. The van der Waals surface area contributed by atoms with Crippen LogP contribution >= 0.6 is 0 Å². The van der Waals surface area contributed by atoms with Crippen molar-refractivity contribution in [1.29, 1.82) is 0 Å². The number of fused-ring (bicyclic) bond motifs is 2. The van der Waals surface area contributed by atoms with Gasteiger partial charge in [-0.3, -0.25) is 25.3 Å². The molecule has 3 fully saturated rings. The SMILES string of the molecule is CC(C)(C)OC(=O)N[C@H]1C[C@H](CCC(=O)NNC(=O)[C@@H]2CC[C@H]3CN2C(=O)N3OCc2ccccc2)C1. The van der Waals surface area contributed by atoms with Crippen LogP contribution in [0.2, 0.25) is 0 Å². The van der Waals surface area contributed by atoms with Gasteiger partial charge in [0, 0.05) is 19.0 Å². The number of hydroxylamine groups is 2. The van der Waals surface area contributed by atoms with Crippen LogP contribution in [0.3, 0.4) is 0 Å². The highest BCUT2D eigenvalue weighted by Gasteiger charge is 2.48. The summed E-state index contributed by atoms with van der Waals surface area (Å²) in [4.78, 5) is 57.0. The lowest BCUT2D eigenvalue weighted by Crippen LogP contribution is -2.54. The molecule has 0 unspecified atom stereocenters. The molecule has 1 aromatic rings. The van der Waals surface area contributed by atoms with Crippen LogP contribution in [0.5, 0.6) is 0 Å². The first-order chi connectivity index (χ1) is 17.6. The quantitative estimate of drug-likeness (QED) is 0.457. The second-order valence-electron chi connectivity index (χ2n) is 11.0. The predicted molar refractivity (Wildman–Crippen MR) is 133 cm³/mol. The number of urea groups is 1. The highest BCUT2D eigenvalue weighted by molar-refractivity contribution is 5.90. The Bertz CT molecular complexity index is 991. The van der Waals surface area contributed by atoms with Crippen molar-refractivity contribution in [2.75, 3.05) is 6.54 Å². The molecule has 1 saturated carbocycles. The minimum Gasteiger partial charge on any atom is -0.444 e. The highest BCUT2D eigenvalue weighted by atomic mass is 16.7. The first kappa shape index (κ1) is 26.7. The van der Waals surface area contributed by atoms with E-state index in [9.17, 15) is 19.2 Å². The van der Waals surface area contributed by atoms with E-state index >= 15 is 0 Å². The third-order valence-electron chi connectivity index (χ3n) is 6.90. The van der Waals surface area contributed by atoms with Gasteiger partial charge in [-0.15, -0.1) is 0 Å². The maximum Gasteiger partial charge on any atom is 0.407 e. The molecule has 37 heavy (non-hydrogen) atoms. The molecule has 4 rings (SSSR count). The second-order valence-corrected chi connectivity index (χ2v) is 11.0. The molecule has 202 valence electrons. The Balaban J connectivity index is 1.13. The molecule has 2 atom stereocenters. The van der Waals surface area contributed by atoms with Crippen molar-refractivity contribution in [3.05, 3.63) is 35.9 Å². The number of ether oxygens (including phenoxy) is 1. The van der Waals surface area contributed by atoms with Crippen LogP contribution in [-0.2, 0) is 25.8 Å². The average Bonchev–Trinajstić information content (AvgIpc) is 3.06. The van der Waals surface area contributed by atoms with Gasteiger partial charge in [-0.05, 0) is 64.4 Å². The summed E-state index contributed by atoms with van der Waals surface area (Å²) in [7, 11) is 0. The second kappa shape index (κ2) is 11.4. The number of nitrogens with zero attached hydrogens (tertiary/aromatic N) is 2. The van der Waals surface area contributed by atoms with Gasteiger partial charge < -0.3 is 15.0 Å². The number of carbonyl (C=O) groups is 4. The lowest BCUT2D eigenvalue weighted by Gasteiger charge is -2.36. The van der Waals surface area contributed by atoms with Gasteiger partial charge in [0.1, 0.15) is 18.2 Å². The molecule has 0 radical (unpaired) electrons. The fourth-order valence-corrected chi connectivity index (χ4v) is 4.96. The molecule has 0 aromatic heterocycles. The number of hydrazine groups is 1. The molecular weight excluding hydrogens is 478 g/mol. The van der Waals surface area contributed by atoms with E-state index in [-0.39, 0.29) is 37.0 Å². The van der Waals surface area contributed by atoms with Gasteiger partial charge in [0.15, 0.2) is 0 Å². The highest BCUT2D eigenvalue weighted by Crippen LogP contribution is 2.32. The summed E-state index contributed by atoms with van der Waals surface area (Å²) in [6, 6.07) is 8.58. The summed E-state index contributed by atoms with van der Waals surface area (Å²) in [5.41, 5.74) is 5.38. The van der Waals surface area contributed by atoms with Crippen LogP contribution in [0.1, 0.15) is 64.9 Å². The van der Waals surface area contributed by atoms with Gasteiger partial charge >= 0.3 is 12.1 Å². The lowest BCUT2D eigenvalue weighted by atomic mass is 9.77. The van der Waals surface area contributed by atoms with Gasteiger partial charge in [0.25, 0.3) is 5.91 Å². The van der Waals surface area contributed by atoms with Gasteiger partial charge in [0.2, 0.25) is 5.91 Å². The number of benzene rings is 1. The van der Waals surface area contributed by atoms with Crippen LogP contribution in [0, 0.1) is 5.92 Å². The smallest absolute Gasteiger partial charge is 0.407 e. The van der Waals surface area contributed by atoms with E-state index < -0.39 is 23.6 Å². The Morgan fingerprint density at radius 1 is 1.05 bits per heavy atom. The molecule has 5 amide bonds. The largest absolute Gasteiger partial charge is 0.444 e. The van der Waals surface area contributed by atoms with Crippen molar-refractivity contribution < 1.29 is 28.8 Å². The molecule has 11 heteroatoms. The zero-order valence-electron chi connectivity index (χ0n) is 21.7. The van der Waals surface area contributed by atoms with E-state index in [1.165, 1.54) is 9.96 Å². The molecule has 2 bridgehead atoms. The zero-order valence-corrected chi connectivity index (χ0v) is 21.7. The summed E-state index contributed by atoms with van der Waals surface area (Å²) < 4.78 is 5.25. The van der Waals surface area contributed by atoms with E-state index in [2.05, 4.69) is 16.2 Å². The van der Waals surface area contributed by atoms with E-state index in [0.29, 0.717) is 31.7 Å². The zero-order chi connectivity index (χ0) is 26.6. The summed E-state index contributed by atoms with van der Waals surface area (Å²) in [5.74, 6) is -0.359. The molecule has 2 saturated heterocycles. The third kappa shape index (κ3) is 7.12. The van der Waals surface area contributed by atoms with E-state index in [1.54, 1.807) is 0 Å². The molecule has 1 aromatic carbocycles. The Hall–Kier alpha value is -3.34. The topological polar surface area (TPSA) is 129 Å². The first-order valence-electron chi connectivity index (χ1n) is 12.9. The lowest BCUT2D eigenvalue weighted by molar-refractivity contribution is -0.140. The van der Waals surface area contributed by atoms with Crippen molar-refractivity contribution in [3.63, 3.8) is 0 Å².